The summed E-state index contributed by atoms with van der Waals surface area (Å²) in [4.78, 5) is 32.2. The molecule has 0 radical (unpaired) electrons. The number of nitrogens with zero attached hydrogens (tertiary/aromatic N) is 2. The number of hydrogen-bond donors (Lipinski definition) is 1. The number of benzene rings is 2. The minimum Gasteiger partial charge on any atom is -0.351 e. The van der Waals surface area contributed by atoms with Gasteiger partial charge in [0.25, 0.3) is 5.91 Å². The van der Waals surface area contributed by atoms with Crippen molar-refractivity contribution < 1.29 is 9.59 Å². The maximum Gasteiger partial charge on any atom is 0.270 e. The summed E-state index contributed by atoms with van der Waals surface area (Å²) in [6.45, 7) is 2.28. The molecule has 2 heterocycles. The van der Waals surface area contributed by atoms with E-state index < -0.39 is 0 Å². The third-order valence-corrected chi connectivity index (χ3v) is 5.67. The first-order valence-electron chi connectivity index (χ1n) is 9.99. The molecule has 0 spiro atoms. The predicted molar refractivity (Wildman–Crippen MR) is 115 cm³/mol. The topological polar surface area (TPSA) is 56.4 Å². The van der Waals surface area contributed by atoms with Gasteiger partial charge in [-0.1, -0.05) is 41.9 Å². The van der Waals surface area contributed by atoms with E-state index in [1.807, 2.05) is 41.3 Å². The van der Waals surface area contributed by atoms with E-state index in [9.17, 15) is 9.59 Å². The van der Waals surface area contributed by atoms with Crippen molar-refractivity contribution in [2.45, 2.75) is 19.3 Å². The fraction of sp³-hybridized carbons (Fsp3) is 0.304. The summed E-state index contributed by atoms with van der Waals surface area (Å²) >= 11 is 6.03. The minimum atomic E-state index is -0.0338. The van der Waals surface area contributed by atoms with Crippen molar-refractivity contribution >= 4 is 34.3 Å². The Hall–Kier alpha value is -2.79. The van der Waals surface area contributed by atoms with Crippen molar-refractivity contribution in [1.29, 1.82) is 0 Å². The molecular formula is C23H24ClN3O2. The first-order valence-corrected chi connectivity index (χ1v) is 10.4. The lowest BCUT2D eigenvalue weighted by Crippen LogP contribution is -2.50. The number of amides is 2. The standard InChI is InChI=1S/C23H24ClN3O2/c24-19-9-10-20-18(15-19)16-21(25-20)23(29)27-13-11-26(12-14-27)22(28)8-4-7-17-5-2-1-3-6-17/h1-3,5-6,9-10,15-16,25H,4,7-8,11-14H2. The van der Waals surface area contributed by atoms with Gasteiger partial charge in [0.1, 0.15) is 5.69 Å². The monoisotopic (exact) mass is 409 g/mol. The number of aryl methyl sites for hydroxylation is 1. The maximum absolute atomic E-state index is 12.8. The van der Waals surface area contributed by atoms with Gasteiger partial charge in [0.15, 0.2) is 0 Å². The molecule has 1 aliphatic rings. The third-order valence-electron chi connectivity index (χ3n) is 5.43. The number of aromatic nitrogens is 1. The molecule has 1 fully saturated rings. The Balaban J connectivity index is 1.28. The zero-order valence-corrected chi connectivity index (χ0v) is 17.0. The van der Waals surface area contributed by atoms with Crippen molar-refractivity contribution in [2.75, 3.05) is 26.2 Å². The van der Waals surface area contributed by atoms with Gasteiger partial charge in [-0.15, -0.1) is 0 Å². The van der Waals surface area contributed by atoms with Crippen molar-refractivity contribution in [3.8, 4) is 0 Å². The van der Waals surface area contributed by atoms with Gasteiger partial charge in [-0.2, -0.15) is 0 Å². The molecule has 1 aromatic heterocycles. The van der Waals surface area contributed by atoms with E-state index in [4.69, 9.17) is 11.6 Å². The molecule has 0 saturated carbocycles. The molecule has 1 aliphatic heterocycles. The van der Waals surface area contributed by atoms with E-state index >= 15 is 0 Å². The Bertz CT molecular complexity index is 1010. The molecule has 2 aromatic carbocycles. The van der Waals surface area contributed by atoms with E-state index in [1.165, 1.54) is 5.56 Å². The summed E-state index contributed by atoms with van der Waals surface area (Å²) in [6, 6.07) is 17.6. The minimum absolute atomic E-state index is 0.0338. The third kappa shape index (κ3) is 4.62. The second kappa shape index (κ2) is 8.70. The summed E-state index contributed by atoms with van der Waals surface area (Å²) < 4.78 is 0. The predicted octanol–water partition coefficient (Wildman–Crippen LogP) is 4.13. The number of aromatic amines is 1. The summed E-state index contributed by atoms with van der Waals surface area (Å²) in [5.41, 5.74) is 2.71. The maximum atomic E-state index is 12.8. The highest BCUT2D eigenvalue weighted by molar-refractivity contribution is 6.31. The van der Waals surface area contributed by atoms with Gasteiger partial charge in [-0.05, 0) is 42.7 Å². The number of rotatable bonds is 5. The summed E-state index contributed by atoms with van der Waals surface area (Å²) in [7, 11) is 0. The normalized spacial score (nSPS) is 14.4. The molecule has 2 amide bonds. The van der Waals surface area contributed by atoms with Crippen LogP contribution in [0.2, 0.25) is 5.02 Å². The number of halogens is 1. The number of nitrogens with one attached hydrogen (secondary N) is 1. The van der Waals surface area contributed by atoms with E-state index in [0.717, 1.165) is 23.7 Å². The second-order valence-electron chi connectivity index (χ2n) is 7.43. The highest BCUT2D eigenvalue weighted by Crippen LogP contribution is 2.21. The number of piperazine rings is 1. The number of H-pyrrole nitrogens is 1. The highest BCUT2D eigenvalue weighted by Gasteiger charge is 2.25. The first kappa shape index (κ1) is 19.5. The molecule has 0 atom stereocenters. The highest BCUT2D eigenvalue weighted by atomic mass is 35.5. The smallest absolute Gasteiger partial charge is 0.270 e. The molecule has 1 N–H and O–H groups in total. The fourth-order valence-corrected chi connectivity index (χ4v) is 3.98. The van der Waals surface area contributed by atoms with Crippen LogP contribution in [-0.4, -0.2) is 52.8 Å². The van der Waals surface area contributed by atoms with Crippen LogP contribution in [0, 0.1) is 0 Å². The SMILES string of the molecule is O=C(CCCc1ccccc1)N1CCN(C(=O)c2cc3cc(Cl)ccc3[nH]2)CC1. The quantitative estimate of drug-likeness (QED) is 0.688. The van der Waals surface area contributed by atoms with Crippen molar-refractivity contribution in [3.63, 3.8) is 0 Å². The zero-order valence-electron chi connectivity index (χ0n) is 16.2. The zero-order chi connectivity index (χ0) is 20.2. The van der Waals surface area contributed by atoms with E-state index in [-0.39, 0.29) is 11.8 Å². The van der Waals surface area contributed by atoms with Gasteiger partial charge in [0.2, 0.25) is 5.91 Å². The van der Waals surface area contributed by atoms with E-state index in [2.05, 4.69) is 17.1 Å². The van der Waals surface area contributed by atoms with Crippen LogP contribution in [0.15, 0.2) is 54.6 Å². The Morgan fingerprint density at radius 2 is 1.66 bits per heavy atom. The van der Waals surface area contributed by atoms with Gasteiger partial charge < -0.3 is 14.8 Å². The molecule has 150 valence electrons. The lowest BCUT2D eigenvalue weighted by atomic mass is 10.1. The second-order valence-corrected chi connectivity index (χ2v) is 7.86. The van der Waals surface area contributed by atoms with Crippen LogP contribution in [-0.2, 0) is 11.2 Å². The van der Waals surface area contributed by atoms with Crippen LogP contribution >= 0.6 is 11.6 Å². The molecule has 29 heavy (non-hydrogen) atoms. The Labute approximate surface area is 175 Å². The van der Waals surface area contributed by atoms with Crippen LogP contribution < -0.4 is 0 Å². The molecule has 0 bridgehead atoms. The lowest BCUT2D eigenvalue weighted by molar-refractivity contribution is -0.132. The number of hydrogen-bond acceptors (Lipinski definition) is 2. The Morgan fingerprint density at radius 1 is 0.931 bits per heavy atom. The van der Waals surface area contributed by atoms with Gasteiger partial charge in [-0.3, -0.25) is 9.59 Å². The average Bonchev–Trinajstić information content (AvgIpc) is 3.17. The van der Waals surface area contributed by atoms with Crippen molar-refractivity contribution in [1.82, 2.24) is 14.8 Å². The molecule has 4 rings (SSSR count). The molecule has 6 heteroatoms. The van der Waals surface area contributed by atoms with Crippen LogP contribution in [0.5, 0.6) is 0 Å². The van der Waals surface area contributed by atoms with E-state index in [1.54, 1.807) is 11.0 Å². The molecule has 1 saturated heterocycles. The largest absolute Gasteiger partial charge is 0.351 e. The van der Waals surface area contributed by atoms with Crippen molar-refractivity contribution in [3.05, 3.63) is 70.9 Å². The van der Waals surface area contributed by atoms with Crippen LogP contribution in [0.25, 0.3) is 10.9 Å². The lowest BCUT2D eigenvalue weighted by Gasteiger charge is -2.34. The molecule has 3 aromatic rings. The van der Waals surface area contributed by atoms with Gasteiger partial charge >= 0.3 is 0 Å². The Kier molecular flexibility index (Phi) is 5.86. The fourth-order valence-electron chi connectivity index (χ4n) is 3.79. The summed E-state index contributed by atoms with van der Waals surface area (Å²) in [5, 5.41) is 1.57. The van der Waals surface area contributed by atoms with Gasteiger partial charge in [0, 0.05) is 48.5 Å². The average molecular weight is 410 g/mol. The number of fused-ring (bicyclic) bond motifs is 1. The van der Waals surface area contributed by atoms with Crippen molar-refractivity contribution in [2.24, 2.45) is 0 Å². The number of carbonyl (C=O) groups excluding carboxylic acids is 2. The Morgan fingerprint density at radius 3 is 2.41 bits per heavy atom. The molecule has 5 nitrogen and oxygen atoms in total. The summed E-state index contributed by atoms with van der Waals surface area (Å²) in [6.07, 6.45) is 2.31. The van der Waals surface area contributed by atoms with Crippen LogP contribution in [0.4, 0.5) is 0 Å². The molecule has 0 aliphatic carbocycles. The van der Waals surface area contributed by atoms with Gasteiger partial charge in [-0.25, -0.2) is 0 Å². The first-order chi connectivity index (χ1) is 14.1. The summed E-state index contributed by atoms with van der Waals surface area (Å²) in [5.74, 6) is 0.141. The van der Waals surface area contributed by atoms with Crippen LogP contribution in [0.1, 0.15) is 28.9 Å². The molecule has 0 unspecified atom stereocenters. The van der Waals surface area contributed by atoms with Crippen LogP contribution in [0.3, 0.4) is 0 Å². The molecular weight excluding hydrogens is 386 g/mol. The van der Waals surface area contributed by atoms with Gasteiger partial charge in [0.05, 0.1) is 0 Å². The number of carbonyl (C=O) groups is 2. The van der Waals surface area contributed by atoms with E-state index in [0.29, 0.717) is 43.3 Å².